The first kappa shape index (κ1) is 16.7. The second-order valence-electron chi connectivity index (χ2n) is 5.93. The number of hydrogen-bond acceptors (Lipinski definition) is 3. The predicted octanol–water partition coefficient (Wildman–Crippen LogP) is 5.37. The Bertz CT molecular complexity index is 1090. The van der Waals surface area contributed by atoms with Crippen molar-refractivity contribution in [2.75, 3.05) is 0 Å². The number of aromatic amines is 1. The van der Waals surface area contributed by atoms with Crippen LogP contribution in [0.2, 0.25) is 0 Å². The van der Waals surface area contributed by atoms with Crippen molar-refractivity contribution < 1.29 is 13.6 Å². The minimum absolute atomic E-state index is 0.218. The van der Waals surface area contributed by atoms with E-state index in [1.54, 1.807) is 36.5 Å². The molecular formula is C22H15FN2O2. The third kappa shape index (κ3) is 3.62. The third-order valence-corrected chi connectivity index (χ3v) is 4.12. The van der Waals surface area contributed by atoms with Gasteiger partial charge in [0.05, 0.1) is 11.9 Å². The maximum Gasteiger partial charge on any atom is 0.221 e. The molecule has 0 saturated carbocycles. The number of nitrogens with zero attached hydrogens (tertiary/aromatic N) is 1. The van der Waals surface area contributed by atoms with E-state index in [0.29, 0.717) is 11.3 Å². The molecule has 2 aromatic heterocycles. The van der Waals surface area contributed by atoms with Gasteiger partial charge in [-0.15, -0.1) is 0 Å². The van der Waals surface area contributed by atoms with E-state index < -0.39 is 0 Å². The molecule has 0 atom stereocenters. The molecule has 4 rings (SSSR count). The van der Waals surface area contributed by atoms with E-state index in [1.807, 2.05) is 30.3 Å². The summed E-state index contributed by atoms with van der Waals surface area (Å²) in [4.78, 5) is 12.4. The molecule has 0 unspecified atom stereocenters. The molecule has 0 aliphatic heterocycles. The summed E-state index contributed by atoms with van der Waals surface area (Å²) >= 11 is 0. The normalized spacial score (nSPS) is 11.1. The van der Waals surface area contributed by atoms with E-state index in [2.05, 4.69) is 10.2 Å². The zero-order valence-corrected chi connectivity index (χ0v) is 14.2. The smallest absolute Gasteiger partial charge is 0.221 e. The molecule has 1 N–H and O–H groups in total. The van der Waals surface area contributed by atoms with E-state index in [4.69, 9.17) is 4.42 Å². The first-order chi connectivity index (χ1) is 13.2. The van der Waals surface area contributed by atoms with Crippen LogP contribution in [0, 0.1) is 5.82 Å². The molecule has 4 nitrogen and oxygen atoms in total. The van der Waals surface area contributed by atoms with Crippen LogP contribution in [0.3, 0.4) is 0 Å². The molecule has 132 valence electrons. The number of rotatable bonds is 5. The first-order valence-electron chi connectivity index (χ1n) is 8.38. The number of nitrogens with one attached hydrogen (secondary N) is 1. The van der Waals surface area contributed by atoms with Gasteiger partial charge in [-0.2, -0.15) is 5.10 Å². The Labute approximate surface area is 155 Å². The minimum atomic E-state index is -0.320. The zero-order valence-electron chi connectivity index (χ0n) is 14.2. The number of allylic oxidation sites excluding steroid dienone is 1. The van der Waals surface area contributed by atoms with E-state index >= 15 is 0 Å². The predicted molar refractivity (Wildman–Crippen MR) is 101 cm³/mol. The van der Waals surface area contributed by atoms with Gasteiger partial charge < -0.3 is 4.42 Å². The topological polar surface area (TPSA) is 58.9 Å². The molecule has 0 aliphatic rings. The lowest BCUT2D eigenvalue weighted by molar-refractivity contribution is 0.102. The molecule has 0 fully saturated rings. The van der Waals surface area contributed by atoms with Crippen LogP contribution in [0.15, 0.2) is 83.4 Å². The van der Waals surface area contributed by atoms with E-state index in [-0.39, 0.29) is 17.4 Å². The van der Waals surface area contributed by atoms with Crippen LogP contribution in [-0.2, 0) is 0 Å². The number of carbonyl (C=O) groups excluding carboxylic acids is 1. The molecule has 0 aliphatic carbocycles. The number of carbonyl (C=O) groups is 1. The van der Waals surface area contributed by atoms with Crippen molar-refractivity contribution in [2.45, 2.75) is 0 Å². The summed E-state index contributed by atoms with van der Waals surface area (Å²) < 4.78 is 18.6. The molecule has 2 aromatic carbocycles. The van der Waals surface area contributed by atoms with Gasteiger partial charge in [0.1, 0.15) is 11.6 Å². The Morgan fingerprint density at radius 1 is 0.963 bits per heavy atom. The van der Waals surface area contributed by atoms with Gasteiger partial charge >= 0.3 is 0 Å². The second kappa shape index (κ2) is 7.25. The Morgan fingerprint density at radius 2 is 1.74 bits per heavy atom. The number of ketones is 1. The number of aromatic nitrogens is 2. The Kier molecular flexibility index (Phi) is 4.49. The van der Waals surface area contributed by atoms with Crippen LogP contribution in [0.1, 0.15) is 16.1 Å². The molecule has 0 saturated heterocycles. The summed E-state index contributed by atoms with van der Waals surface area (Å²) in [5.41, 5.74) is 3.34. The summed E-state index contributed by atoms with van der Waals surface area (Å²) in [5.74, 6) is 0.151. The highest BCUT2D eigenvalue weighted by atomic mass is 19.1. The van der Waals surface area contributed by atoms with Gasteiger partial charge in [-0.3, -0.25) is 9.89 Å². The SMILES string of the molecule is O=C(C=Cc1cn[nH]c1-c1ccccc1)c1ccc(-c2ccc(F)cc2)o1. The minimum Gasteiger partial charge on any atom is -0.453 e. The van der Waals surface area contributed by atoms with Crippen molar-refractivity contribution in [3.8, 4) is 22.6 Å². The Hall–Kier alpha value is -3.73. The number of H-pyrrole nitrogens is 1. The van der Waals surface area contributed by atoms with Gasteiger partial charge in [0.25, 0.3) is 0 Å². The van der Waals surface area contributed by atoms with E-state index in [9.17, 15) is 9.18 Å². The average Bonchev–Trinajstić information content (AvgIpc) is 3.37. The molecule has 5 heteroatoms. The maximum absolute atomic E-state index is 13.0. The van der Waals surface area contributed by atoms with Crippen molar-refractivity contribution in [3.63, 3.8) is 0 Å². The highest BCUT2D eigenvalue weighted by Crippen LogP contribution is 2.24. The third-order valence-electron chi connectivity index (χ3n) is 4.12. The summed E-state index contributed by atoms with van der Waals surface area (Å²) in [7, 11) is 0. The van der Waals surface area contributed by atoms with Gasteiger partial charge in [0.2, 0.25) is 5.78 Å². The Morgan fingerprint density at radius 3 is 2.52 bits per heavy atom. The van der Waals surface area contributed by atoms with Crippen molar-refractivity contribution in [2.24, 2.45) is 0 Å². The lowest BCUT2D eigenvalue weighted by Crippen LogP contribution is -1.90. The van der Waals surface area contributed by atoms with Gasteiger partial charge in [-0.1, -0.05) is 30.3 Å². The van der Waals surface area contributed by atoms with Crippen LogP contribution in [0.5, 0.6) is 0 Å². The highest BCUT2D eigenvalue weighted by molar-refractivity contribution is 6.05. The van der Waals surface area contributed by atoms with Crippen molar-refractivity contribution in [1.29, 1.82) is 0 Å². The maximum atomic E-state index is 13.0. The quantitative estimate of drug-likeness (QED) is 0.385. The van der Waals surface area contributed by atoms with Crippen LogP contribution in [0.25, 0.3) is 28.7 Å². The highest BCUT2D eigenvalue weighted by Gasteiger charge is 2.11. The molecule has 4 aromatic rings. The monoisotopic (exact) mass is 358 g/mol. The summed E-state index contributed by atoms with van der Waals surface area (Å²) in [5, 5.41) is 7.01. The fourth-order valence-corrected chi connectivity index (χ4v) is 2.75. The summed E-state index contributed by atoms with van der Waals surface area (Å²) in [6.45, 7) is 0. The fourth-order valence-electron chi connectivity index (χ4n) is 2.75. The summed E-state index contributed by atoms with van der Waals surface area (Å²) in [6, 6.07) is 19.0. The lowest BCUT2D eigenvalue weighted by Gasteiger charge is -1.99. The standard InChI is InChI=1S/C22H15FN2O2/c23-18-9-6-15(7-10-18)20-12-13-21(27-20)19(26)11-8-17-14-24-25-22(17)16-4-2-1-3-5-16/h1-14H,(H,24,25). The molecule has 27 heavy (non-hydrogen) atoms. The number of hydrogen-bond donors (Lipinski definition) is 1. The number of benzene rings is 2. The molecular weight excluding hydrogens is 343 g/mol. The number of halogens is 1. The molecule has 2 heterocycles. The van der Waals surface area contributed by atoms with Gasteiger partial charge in [-0.05, 0) is 48.6 Å². The molecule has 0 radical (unpaired) electrons. The second-order valence-corrected chi connectivity index (χ2v) is 5.93. The van der Waals surface area contributed by atoms with Crippen LogP contribution in [-0.4, -0.2) is 16.0 Å². The summed E-state index contributed by atoms with van der Waals surface area (Å²) in [6.07, 6.45) is 4.82. The lowest BCUT2D eigenvalue weighted by atomic mass is 10.1. The van der Waals surface area contributed by atoms with Crippen molar-refractivity contribution in [3.05, 3.63) is 96.1 Å². The largest absolute Gasteiger partial charge is 0.453 e. The van der Waals surface area contributed by atoms with Crippen molar-refractivity contribution >= 4 is 11.9 Å². The fraction of sp³-hybridized carbons (Fsp3) is 0. The number of furan rings is 1. The average molecular weight is 358 g/mol. The zero-order chi connectivity index (χ0) is 18.6. The van der Waals surface area contributed by atoms with Gasteiger partial charge in [-0.25, -0.2) is 4.39 Å². The Balaban J connectivity index is 1.54. The first-order valence-corrected chi connectivity index (χ1v) is 8.38. The van der Waals surface area contributed by atoms with Gasteiger partial charge in [0.15, 0.2) is 5.76 Å². The van der Waals surface area contributed by atoms with Gasteiger partial charge in [0, 0.05) is 16.7 Å². The van der Waals surface area contributed by atoms with E-state index in [0.717, 1.165) is 16.8 Å². The van der Waals surface area contributed by atoms with Crippen molar-refractivity contribution in [1.82, 2.24) is 10.2 Å². The van der Waals surface area contributed by atoms with Crippen LogP contribution in [0.4, 0.5) is 4.39 Å². The van der Waals surface area contributed by atoms with Crippen LogP contribution < -0.4 is 0 Å². The molecule has 0 amide bonds. The molecule has 0 spiro atoms. The molecule has 0 bridgehead atoms. The van der Waals surface area contributed by atoms with Crippen LogP contribution >= 0.6 is 0 Å². The van der Waals surface area contributed by atoms with E-state index in [1.165, 1.54) is 18.2 Å².